The van der Waals surface area contributed by atoms with Gasteiger partial charge in [0.1, 0.15) is 6.04 Å². The van der Waals surface area contributed by atoms with E-state index in [1.807, 2.05) is 6.26 Å². The van der Waals surface area contributed by atoms with Gasteiger partial charge in [0, 0.05) is 6.54 Å². The van der Waals surface area contributed by atoms with Crippen molar-refractivity contribution in [2.75, 3.05) is 12.8 Å². The number of likely N-dealkylation sites (tertiary alicyclic amines) is 1. The summed E-state index contributed by atoms with van der Waals surface area (Å²) in [4.78, 5) is 24.4. The lowest BCUT2D eigenvalue weighted by atomic mass is 10.2. The summed E-state index contributed by atoms with van der Waals surface area (Å²) in [7, 11) is 0. The first-order valence-electron chi connectivity index (χ1n) is 5.31. The summed E-state index contributed by atoms with van der Waals surface area (Å²) < 4.78 is 5.31. The van der Waals surface area contributed by atoms with E-state index in [-0.39, 0.29) is 11.7 Å². The van der Waals surface area contributed by atoms with E-state index in [0.29, 0.717) is 18.1 Å². The molecule has 6 heteroatoms. The quantitative estimate of drug-likeness (QED) is 0.832. The van der Waals surface area contributed by atoms with Crippen LogP contribution in [0.3, 0.4) is 0 Å². The Morgan fingerprint density at radius 3 is 2.88 bits per heavy atom. The molecule has 1 aliphatic rings. The first kappa shape index (κ1) is 12.0. The molecule has 1 fully saturated rings. The summed E-state index contributed by atoms with van der Waals surface area (Å²) in [5.41, 5.74) is 0. The van der Waals surface area contributed by atoms with Crippen LogP contribution in [0.25, 0.3) is 0 Å². The van der Waals surface area contributed by atoms with Gasteiger partial charge in [-0.15, -0.1) is 0 Å². The summed E-state index contributed by atoms with van der Waals surface area (Å²) in [5.74, 6) is -1.08. The van der Waals surface area contributed by atoms with Crippen LogP contribution >= 0.6 is 11.8 Å². The van der Waals surface area contributed by atoms with Crippen molar-refractivity contribution in [1.82, 2.24) is 4.90 Å². The SMILES string of the molecule is CSc1ccc(C(=O)N2CCC[C@@H]2C(=O)O)o1. The largest absolute Gasteiger partial charge is 0.480 e. The first-order valence-corrected chi connectivity index (χ1v) is 6.53. The summed E-state index contributed by atoms with van der Waals surface area (Å²) in [5, 5.41) is 9.65. The van der Waals surface area contributed by atoms with Crippen LogP contribution in [0.2, 0.25) is 0 Å². The van der Waals surface area contributed by atoms with Crippen LogP contribution in [0.4, 0.5) is 0 Å². The van der Waals surface area contributed by atoms with Gasteiger partial charge in [-0.2, -0.15) is 0 Å². The Hall–Kier alpha value is -1.43. The van der Waals surface area contributed by atoms with Crippen LogP contribution in [0, 0.1) is 0 Å². The van der Waals surface area contributed by atoms with Gasteiger partial charge in [-0.25, -0.2) is 4.79 Å². The van der Waals surface area contributed by atoms with E-state index in [1.165, 1.54) is 16.7 Å². The van der Waals surface area contributed by atoms with Crippen molar-refractivity contribution in [2.45, 2.75) is 24.0 Å². The van der Waals surface area contributed by atoms with E-state index in [9.17, 15) is 9.59 Å². The van der Waals surface area contributed by atoms with E-state index in [0.717, 1.165) is 6.42 Å². The highest BCUT2D eigenvalue weighted by atomic mass is 32.2. The Kier molecular flexibility index (Phi) is 3.42. The molecule has 0 radical (unpaired) electrons. The molecule has 5 nitrogen and oxygen atoms in total. The number of carboxylic acids is 1. The first-order chi connectivity index (χ1) is 8.13. The molecule has 0 aliphatic carbocycles. The number of hydrogen-bond donors (Lipinski definition) is 1. The molecule has 17 heavy (non-hydrogen) atoms. The minimum absolute atomic E-state index is 0.211. The molecule has 2 rings (SSSR count). The molecule has 0 unspecified atom stereocenters. The van der Waals surface area contributed by atoms with Crippen LogP contribution in [0.5, 0.6) is 0 Å². The van der Waals surface area contributed by atoms with E-state index < -0.39 is 12.0 Å². The third kappa shape index (κ3) is 2.31. The number of thioether (sulfide) groups is 1. The van der Waals surface area contributed by atoms with Crippen molar-refractivity contribution in [1.29, 1.82) is 0 Å². The normalized spacial score (nSPS) is 19.6. The van der Waals surface area contributed by atoms with Gasteiger partial charge in [-0.05, 0) is 31.2 Å². The monoisotopic (exact) mass is 255 g/mol. The van der Waals surface area contributed by atoms with E-state index in [1.54, 1.807) is 12.1 Å². The molecule has 1 saturated heterocycles. The van der Waals surface area contributed by atoms with E-state index in [4.69, 9.17) is 9.52 Å². The van der Waals surface area contributed by atoms with Gasteiger partial charge in [-0.1, -0.05) is 11.8 Å². The topological polar surface area (TPSA) is 70.8 Å². The number of hydrogen-bond acceptors (Lipinski definition) is 4. The molecular weight excluding hydrogens is 242 g/mol. The van der Waals surface area contributed by atoms with Gasteiger partial charge >= 0.3 is 5.97 Å². The molecule has 1 amide bonds. The maximum absolute atomic E-state index is 12.1. The molecule has 1 aromatic rings. The molecule has 2 heterocycles. The molecule has 0 spiro atoms. The van der Waals surface area contributed by atoms with Crippen LogP contribution in [-0.4, -0.2) is 40.7 Å². The fraction of sp³-hybridized carbons (Fsp3) is 0.455. The van der Waals surface area contributed by atoms with Crippen LogP contribution in [0.15, 0.2) is 21.6 Å². The Labute approximate surface area is 103 Å². The number of aliphatic carboxylic acids is 1. The highest BCUT2D eigenvalue weighted by molar-refractivity contribution is 7.98. The average Bonchev–Trinajstić information content (AvgIpc) is 2.97. The predicted molar refractivity (Wildman–Crippen MR) is 62.2 cm³/mol. The second kappa shape index (κ2) is 4.83. The number of carbonyl (C=O) groups is 2. The van der Waals surface area contributed by atoms with Gasteiger partial charge in [0.2, 0.25) is 0 Å². The number of furan rings is 1. The Bertz CT molecular complexity index is 442. The van der Waals surface area contributed by atoms with Crippen LogP contribution in [0.1, 0.15) is 23.4 Å². The Morgan fingerprint density at radius 2 is 2.29 bits per heavy atom. The minimum Gasteiger partial charge on any atom is -0.480 e. The molecule has 1 aromatic heterocycles. The number of nitrogens with zero attached hydrogens (tertiary/aromatic N) is 1. The Balaban J connectivity index is 2.16. The van der Waals surface area contributed by atoms with Crippen molar-refractivity contribution >= 4 is 23.6 Å². The van der Waals surface area contributed by atoms with Gasteiger partial charge < -0.3 is 14.4 Å². The lowest BCUT2D eigenvalue weighted by molar-refractivity contribution is -0.141. The van der Waals surface area contributed by atoms with Crippen molar-refractivity contribution in [3.8, 4) is 0 Å². The zero-order chi connectivity index (χ0) is 12.4. The maximum Gasteiger partial charge on any atom is 0.326 e. The Morgan fingerprint density at radius 1 is 1.53 bits per heavy atom. The molecule has 0 saturated carbocycles. The maximum atomic E-state index is 12.1. The highest BCUT2D eigenvalue weighted by Gasteiger charge is 2.35. The number of rotatable bonds is 3. The van der Waals surface area contributed by atoms with Gasteiger partial charge in [-0.3, -0.25) is 4.79 Å². The van der Waals surface area contributed by atoms with Gasteiger partial charge in [0.05, 0.1) is 0 Å². The average molecular weight is 255 g/mol. The lowest BCUT2D eigenvalue weighted by Crippen LogP contribution is -2.40. The number of carbonyl (C=O) groups excluding carboxylic acids is 1. The highest BCUT2D eigenvalue weighted by Crippen LogP contribution is 2.23. The van der Waals surface area contributed by atoms with Crippen molar-refractivity contribution in [3.05, 3.63) is 17.9 Å². The summed E-state index contributed by atoms with van der Waals surface area (Å²) >= 11 is 1.40. The number of carboxylic acid groups (broad SMARTS) is 1. The molecule has 1 aliphatic heterocycles. The van der Waals surface area contributed by atoms with Crippen molar-refractivity contribution < 1.29 is 19.1 Å². The second-order valence-corrected chi connectivity index (χ2v) is 4.63. The number of amides is 1. The van der Waals surface area contributed by atoms with Crippen molar-refractivity contribution in [2.24, 2.45) is 0 Å². The van der Waals surface area contributed by atoms with Gasteiger partial charge in [0.15, 0.2) is 10.9 Å². The zero-order valence-corrected chi connectivity index (χ0v) is 10.2. The second-order valence-electron chi connectivity index (χ2n) is 3.82. The third-order valence-electron chi connectivity index (χ3n) is 2.79. The van der Waals surface area contributed by atoms with Crippen LogP contribution < -0.4 is 0 Å². The van der Waals surface area contributed by atoms with E-state index >= 15 is 0 Å². The lowest BCUT2D eigenvalue weighted by Gasteiger charge is -2.19. The summed E-state index contributed by atoms with van der Waals surface area (Å²) in [6.07, 6.45) is 3.08. The molecular formula is C11H13NO4S. The predicted octanol–water partition coefficient (Wildman–Crippen LogP) is 1.69. The molecule has 0 aromatic carbocycles. The van der Waals surface area contributed by atoms with E-state index in [2.05, 4.69) is 0 Å². The minimum atomic E-state index is -0.951. The fourth-order valence-corrected chi connectivity index (χ4v) is 2.33. The fourth-order valence-electron chi connectivity index (χ4n) is 1.95. The third-order valence-corrected chi connectivity index (χ3v) is 3.41. The summed E-state index contributed by atoms with van der Waals surface area (Å²) in [6, 6.07) is 2.58. The zero-order valence-electron chi connectivity index (χ0n) is 9.38. The molecule has 92 valence electrons. The van der Waals surface area contributed by atoms with Crippen molar-refractivity contribution in [3.63, 3.8) is 0 Å². The standard InChI is InChI=1S/C11H13NO4S/c1-17-9-5-4-8(16-9)10(13)12-6-2-3-7(12)11(14)15/h4-5,7H,2-3,6H2,1H3,(H,14,15)/t7-/m1/s1. The van der Waals surface area contributed by atoms with Crippen LogP contribution in [-0.2, 0) is 4.79 Å². The molecule has 0 bridgehead atoms. The molecule has 1 N–H and O–H groups in total. The summed E-state index contributed by atoms with van der Waals surface area (Å²) in [6.45, 7) is 0.477. The smallest absolute Gasteiger partial charge is 0.326 e. The molecule has 1 atom stereocenters. The van der Waals surface area contributed by atoms with Gasteiger partial charge in [0.25, 0.3) is 5.91 Å².